The molecule has 1 N–H and O–H groups in total. The maximum absolute atomic E-state index is 10.2. The highest BCUT2D eigenvalue weighted by molar-refractivity contribution is 5.68. The third kappa shape index (κ3) is 2.81. The number of aryl methyl sites for hydroxylation is 2. The summed E-state index contributed by atoms with van der Waals surface area (Å²) in [5.41, 5.74) is 5.96. The highest BCUT2D eigenvalue weighted by Gasteiger charge is 2.09. The van der Waals surface area contributed by atoms with Gasteiger partial charge in [-0.05, 0) is 53.1 Å². The molecule has 1 heteroatoms. The monoisotopic (exact) mass is 254 g/mol. The van der Waals surface area contributed by atoms with Crippen molar-refractivity contribution < 1.29 is 5.11 Å². The minimum Gasteiger partial charge on any atom is -0.508 e. The molecule has 0 radical (unpaired) electrons. The van der Waals surface area contributed by atoms with Gasteiger partial charge in [-0.1, -0.05) is 51.1 Å². The van der Waals surface area contributed by atoms with Gasteiger partial charge in [0.25, 0.3) is 0 Å². The minimum atomic E-state index is 0.429. The average molecular weight is 254 g/mol. The molecular weight excluding hydrogens is 232 g/mol. The fourth-order valence-electron chi connectivity index (χ4n) is 2.58. The minimum absolute atomic E-state index is 0.429. The molecule has 2 aromatic rings. The van der Waals surface area contributed by atoms with Crippen molar-refractivity contribution in [3.63, 3.8) is 0 Å². The highest BCUT2D eigenvalue weighted by atomic mass is 16.3. The van der Waals surface area contributed by atoms with Gasteiger partial charge in [-0.25, -0.2) is 0 Å². The maximum atomic E-state index is 10.2. The molecule has 2 rings (SSSR count). The summed E-state index contributed by atoms with van der Waals surface area (Å²) in [6.45, 7) is 6.39. The van der Waals surface area contributed by atoms with E-state index >= 15 is 0 Å². The summed E-state index contributed by atoms with van der Waals surface area (Å²) in [6.07, 6.45) is 2.87. The summed E-state index contributed by atoms with van der Waals surface area (Å²) in [6, 6.07) is 12.7. The van der Waals surface area contributed by atoms with Crippen molar-refractivity contribution in [2.75, 3.05) is 0 Å². The van der Waals surface area contributed by atoms with Crippen LogP contribution in [0.2, 0.25) is 0 Å². The number of phenols is 1. The van der Waals surface area contributed by atoms with Crippen molar-refractivity contribution in [1.82, 2.24) is 0 Å². The van der Waals surface area contributed by atoms with E-state index in [4.69, 9.17) is 0 Å². The molecule has 0 aliphatic carbocycles. The normalized spacial score (nSPS) is 10.7. The van der Waals surface area contributed by atoms with Gasteiger partial charge in [0.15, 0.2) is 0 Å². The van der Waals surface area contributed by atoms with E-state index < -0.39 is 0 Å². The van der Waals surface area contributed by atoms with Gasteiger partial charge in [0.1, 0.15) is 5.75 Å². The SMILES string of the molecule is CCc1cccc(-c2cc(O)c(CC)c(CC)c2)c1. The van der Waals surface area contributed by atoms with E-state index in [-0.39, 0.29) is 0 Å². The third-order valence-electron chi connectivity index (χ3n) is 3.72. The quantitative estimate of drug-likeness (QED) is 0.835. The number of hydrogen-bond acceptors (Lipinski definition) is 1. The number of aromatic hydroxyl groups is 1. The molecule has 0 heterocycles. The van der Waals surface area contributed by atoms with Crippen LogP contribution in [0.3, 0.4) is 0 Å². The second kappa shape index (κ2) is 5.92. The molecule has 0 amide bonds. The van der Waals surface area contributed by atoms with Crippen LogP contribution in [-0.4, -0.2) is 5.11 Å². The molecule has 2 aromatic carbocycles. The first-order valence-corrected chi connectivity index (χ1v) is 7.13. The first kappa shape index (κ1) is 13.7. The molecule has 0 spiro atoms. The average Bonchev–Trinajstić information content (AvgIpc) is 2.46. The van der Waals surface area contributed by atoms with Crippen LogP contribution in [0, 0.1) is 0 Å². The molecule has 0 aromatic heterocycles. The zero-order chi connectivity index (χ0) is 13.8. The predicted molar refractivity (Wildman–Crippen MR) is 81.7 cm³/mol. The Balaban J connectivity index is 2.53. The van der Waals surface area contributed by atoms with Gasteiger partial charge in [-0.3, -0.25) is 0 Å². The van der Waals surface area contributed by atoms with E-state index in [1.165, 1.54) is 16.7 Å². The predicted octanol–water partition coefficient (Wildman–Crippen LogP) is 4.75. The number of benzene rings is 2. The Morgan fingerprint density at radius 2 is 1.63 bits per heavy atom. The Hall–Kier alpha value is -1.76. The molecule has 0 atom stereocenters. The lowest BCUT2D eigenvalue weighted by Gasteiger charge is -2.12. The Labute approximate surface area is 115 Å². The molecule has 0 saturated carbocycles. The summed E-state index contributed by atoms with van der Waals surface area (Å²) in [7, 11) is 0. The van der Waals surface area contributed by atoms with Gasteiger partial charge >= 0.3 is 0 Å². The third-order valence-corrected chi connectivity index (χ3v) is 3.72. The van der Waals surface area contributed by atoms with Crippen LogP contribution >= 0.6 is 0 Å². The molecule has 1 nitrogen and oxygen atoms in total. The van der Waals surface area contributed by atoms with E-state index in [0.29, 0.717) is 5.75 Å². The van der Waals surface area contributed by atoms with Crippen molar-refractivity contribution in [2.45, 2.75) is 40.0 Å². The lowest BCUT2D eigenvalue weighted by Crippen LogP contribution is -1.93. The van der Waals surface area contributed by atoms with Crippen molar-refractivity contribution in [2.24, 2.45) is 0 Å². The van der Waals surface area contributed by atoms with E-state index in [1.807, 2.05) is 6.07 Å². The molecule has 0 aliphatic heterocycles. The van der Waals surface area contributed by atoms with E-state index in [1.54, 1.807) is 0 Å². The summed E-state index contributed by atoms with van der Waals surface area (Å²) in [5.74, 6) is 0.429. The standard InChI is InChI=1S/C18H22O/c1-4-13-8-7-9-15(10-13)16-11-14(5-2)17(6-3)18(19)12-16/h7-12,19H,4-6H2,1-3H3. The van der Waals surface area contributed by atoms with Crippen LogP contribution in [0.25, 0.3) is 11.1 Å². The van der Waals surface area contributed by atoms with Crippen molar-refractivity contribution >= 4 is 0 Å². The van der Waals surface area contributed by atoms with Crippen molar-refractivity contribution in [3.05, 3.63) is 53.1 Å². The molecule has 0 saturated heterocycles. The number of phenolic OH excluding ortho intramolecular Hbond substituents is 1. The van der Waals surface area contributed by atoms with Gasteiger partial charge in [-0.2, -0.15) is 0 Å². The summed E-state index contributed by atoms with van der Waals surface area (Å²) in [4.78, 5) is 0. The first-order chi connectivity index (χ1) is 9.19. The van der Waals surface area contributed by atoms with E-state index in [0.717, 1.165) is 30.4 Å². The second-order valence-electron chi connectivity index (χ2n) is 4.89. The number of hydrogen-bond donors (Lipinski definition) is 1. The Kier molecular flexibility index (Phi) is 4.26. The Morgan fingerprint density at radius 1 is 0.842 bits per heavy atom. The highest BCUT2D eigenvalue weighted by Crippen LogP contribution is 2.31. The molecule has 0 aliphatic rings. The largest absolute Gasteiger partial charge is 0.508 e. The summed E-state index contributed by atoms with van der Waals surface area (Å²) in [5, 5.41) is 10.2. The van der Waals surface area contributed by atoms with Crippen LogP contribution < -0.4 is 0 Å². The fraction of sp³-hybridized carbons (Fsp3) is 0.333. The maximum Gasteiger partial charge on any atom is 0.119 e. The van der Waals surface area contributed by atoms with Crippen LogP contribution in [-0.2, 0) is 19.3 Å². The van der Waals surface area contributed by atoms with Crippen LogP contribution in [0.5, 0.6) is 5.75 Å². The van der Waals surface area contributed by atoms with Crippen molar-refractivity contribution in [1.29, 1.82) is 0 Å². The Morgan fingerprint density at radius 3 is 2.26 bits per heavy atom. The molecule has 100 valence electrons. The lowest BCUT2D eigenvalue weighted by molar-refractivity contribution is 0.468. The zero-order valence-electron chi connectivity index (χ0n) is 12.0. The smallest absolute Gasteiger partial charge is 0.119 e. The van der Waals surface area contributed by atoms with Crippen LogP contribution in [0.1, 0.15) is 37.5 Å². The van der Waals surface area contributed by atoms with Gasteiger partial charge in [-0.15, -0.1) is 0 Å². The van der Waals surface area contributed by atoms with Gasteiger partial charge < -0.3 is 5.11 Å². The van der Waals surface area contributed by atoms with Gasteiger partial charge in [0.2, 0.25) is 0 Å². The molecule has 0 fully saturated rings. The van der Waals surface area contributed by atoms with E-state index in [9.17, 15) is 5.11 Å². The molecule has 0 bridgehead atoms. The van der Waals surface area contributed by atoms with Gasteiger partial charge in [0, 0.05) is 0 Å². The zero-order valence-corrected chi connectivity index (χ0v) is 12.0. The fourth-order valence-corrected chi connectivity index (χ4v) is 2.58. The number of rotatable bonds is 4. The van der Waals surface area contributed by atoms with Crippen molar-refractivity contribution in [3.8, 4) is 16.9 Å². The molecule has 19 heavy (non-hydrogen) atoms. The van der Waals surface area contributed by atoms with E-state index in [2.05, 4.69) is 51.1 Å². The van der Waals surface area contributed by atoms with Gasteiger partial charge in [0.05, 0.1) is 0 Å². The molecular formula is C18H22O. The van der Waals surface area contributed by atoms with Crippen LogP contribution in [0.4, 0.5) is 0 Å². The lowest BCUT2D eigenvalue weighted by atomic mass is 9.94. The summed E-state index contributed by atoms with van der Waals surface area (Å²) >= 11 is 0. The summed E-state index contributed by atoms with van der Waals surface area (Å²) < 4.78 is 0. The first-order valence-electron chi connectivity index (χ1n) is 7.13. The Bertz CT molecular complexity index is 570. The molecule has 0 unspecified atom stereocenters. The second-order valence-corrected chi connectivity index (χ2v) is 4.89. The van der Waals surface area contributed by atoms with Crippen LogP contribution in [0.15, 0.2) is 36.4 Å². The topological polar surface area (TPSA) is 20.2 Å².